The summed E-state index contributed by atoms with van der Waals surface area (Å²) >= 11 is 1.48. The summed E-state index contributed by atoms with van der Waals surface area (Å²) in [6.07, 6.45) is 5.57. The second-order valence-corrected chi connectivity index (χ2v) is 10.8. The van der Waals surface area contributed by atoms with E-state index in [4.69, 9.17) is 10.1 Å². The summed E-state index contributed by atoms with van der Waals surface area (Å²) in [5.74, 6) is 0.0311. The van der Waals surface area contributed by atoms with Crippen LogP contribution in [0, 0.1) is 0 Å². The van der Waals surface area contributed by atoms with Gasteiger partial charge in [0, 0.05) is 56.6 Å². The van der Waals surface area contributed by atoms with Gasteiger partial charge in [-0.3, -0.25) is 14.6 Å². The Morgan fingerprint density at radius 3 is 2.55 bits per heavy atom. The summed E-state index contributed by atoms with van der Waals surface area (Å²) < 4.78 is 1.97. The number of amides is 2. The summed E-state index contributed by atoms with van der Waals surface area (Å²) in [5, 5.41) is 8.50. The average Bonchev–Trinajstić information content (AvgIpc) is 3.50. The molecular formula is C28H29N7O2S. The predicted octanol–water partition coefficient (Wildman–Crippen LogP) is 3.43. The molecule has 6 rings (SSSR count). The molecule has 4 heterocycles. The van der Waals surface area contributed by atoms with Crippen LogP contribution < -0.4 is 5.32 Å². The lowest BCUT2D eigenvalue weighted by Crippen LogP contribution is -2.47. The van der Waals surface area contributed by atoms with E-state index in [0.717, 1.165) is 83.4 Å². The van der Waals surface area contributed by atoms with Crippen LogP contribution in [0.1, 0.15) is 23.7 Å². The molecule has 1 aromatic carbocycles. The number of rotatable bonds is 5. The van der Waals surface area contributed by atoms with Crippen molar-refractivity contribution < 1.29 is 9.59 Å². The van der Waals surface area contributed by atoms with Crippen molar-refractivity contribution in [3.63, 3.8) is 0 Å². The number of aromatic nitrogens is 4. The van der Waals surface area contributed by atoms with Crippen LogP contribution in [0.4, 0.5) is 5.13 Å². The molecule has 0 atom stereocenters. The minimum absolute atomic E-state index is 0.136. The van der Waals surface area contributed by atoms with Crippen LogP contribution >= 0.6 is 11.3 Å². The number of likely N-dealkylation sites (N-methyl/N-ethyl adjacent to an activating group) is 1. The lowest BCUT2D eigenvalue weighted by molar-refractivity contribution is -0.132. The first kappa shape index (κ1) is 24.4. The Morgan fingerprint density at radius 1 is 1.05 bits per heavy atom. The second-order valence-electron chi connectivity index (χ2n) is 9.83. The molecule has 4 aromatic rings. The number of fused-ring (bicyclic) bond motifs is 3. The fourth-order valence-electron chi connectivity index (χ4n) is 5.09. The minimum atomic E-state index is -0.136. The van der Waals surface area contributed by atoms with Gasteiger partial charge in [-0.1, -0.05) is 23.5 Å². The van der Waals surface area contributed by atoms with Gasteiger partial charge in [-0.25, -0.2) is 9.67 Å². The molecule has 1 aliphatic heterocycles. The molecule has 3 aromatic heterocycles. The maximum absolute atomic E-state index is 12.8. The fraction of sp³-hybridized carbons (Fsp3) is 0.321. The lowest BCUT2D eigenvalue weighted by Gasteiger charge is -2.32. The number of benzene rings is 1. The standard InChI is InChI=1S/C28H29N7O2S/c1-18(36)30-28-31-23-10-9-22-25(20-4-3-11-29-17-20)32-35(26(22)27(23)38-28)21-7-5-19(6-8-21)16-24(37)34-14-12-33(2)13-15-34/h3-8,11,17H,9-10,12-16H2,1-2H3,(H,30,31,36). The van der Waals surface area contributed by atoms with Crippen LogP contribution in [-0.4, -0.2) is 74.6 Å². The molecule has 0 bridgehead atoms. The highest BCUT2D eigenvalue weighted by Crippen LogP contribution is 2.44. The number of aryl methyl sites for hydroxylation is 1. The zero-order valence-corrected chi connectivity index (χ0v) is 22.3. The molecule has 2 amide bonds. The van der Waals surface area contributed by atoms with Crippen molar-refractivity contribution in [3.8, 4) is 27.5 Å². The topological polar surface area (TPSA) is 96.2 Å². The van der Waals surface area contributed by atoms with Gasteiger partial charge >= 0.3 is 0 Å². The lowest BCUT2D eigenvalue weighted by atomic mass is 9.95. The van der Waals surface area contributed by atoms with Gasteiger partial charge in [-0.05, 0) is 49.7 Å². The molecule has 1 saturated heterocycles. The number of thiazole rings is 1. The second kappa shape index (κ2) is 10.1. The highest BCUT2D eigenvalue weighted by Gasteiger charge is 2.30. The van der Waals surface area contributed by atoms with Crippen LogP contribution in [0.15, 0.2) is 48.8 Å². The number of carbonyl (C=O) groups excluding carboxylic acids is 2. The minimum Gasteiger partial charge on any atom is -0.340 e. The van der Waals surface area contributed by atoms with Crippen molar-refractivity contribution in [1.29, 1.82) is 0 Å². The van der Waals surface area contributed by atoms with E-state index in [1.54, 1.807) is 6.20 Å². The summed E-state index contributed by atoms with van der Waals surface area (Å²) in [5.41, 5.74) is 6.89. The third kappa shape index (κ3) is 4.72. The molecule has 194 valence electrons. The molecule has 38 heavy (non-hydrogen) atoms. The maximum Gasteiger partial charge on any atom is 0.227 e. The first-order valence-corrected chi connectivity index (χ1v) is 13.6. The highest BCUT2D eigenvalue weighted by molar-refractivity contribution is 7.19. The van der Waals surface area contributed by atoms with Gasteiger partial charge in [-0.15, -0.1) is 0 Å². The number of hydrogen-bond acceptors (Lipinski definition) is 7. The van der Waals surface area contributed by atoms with Gasteiger partial charge in [0.2, 0.25) is 11.8 Å². The van der Waals surface area contributed by atoms with E-state index in [0.29, 0.717) is 11.6 Å². The van der Waals surface area contributed by atoms with Crippen molar-refractivity contribution in [2.45, 2.75) is 26.2 Å². The quantitative estimate of drug-likeness (QED) is 0.427. The van der Waals surface area contributed by atoms with Gasteiger partial charge in [-0.2, -0.15) is 5.10 Å². The van der Waals surface area contributed by atoms with Crippen LogP contribution in [0.2, 0.25) is 0 Å². The largest absolute Gasteiger partial charge is 0.340 e. The van der Waals surface area contributed by atoms with Gasteiger partial charge in [0.1, 0.15) is 0 Å². The van der Waals surface area contributed by atoms with E-state index >= 15 is 0 Å². The van der Waals surface area contributed by atoms with Gasteiger partial charge < -0.3 is 15.1 Å². The van der Waals surface area contributed by atoms with Crippen LogP contribution in [-0.2, 0) is 28.9 Å². The van der Waals surface area contributed by atoms with Crippen molar-refractivity contribution in [2.75, 3.05) is 38.5 Å². The van der Waals surface area contributed by atoms with E-state index < -0.39 is 0 Å². The number of anilines is 1. The Bertz CT molecular complexity index is 1490. The van der Waals surface area contributed by atoms with Gasteiger partial charge in [0.05, 0.1) is 34.1 Å². The molecule has 0 saturated carbocycles. The maximum atomic E-state index is 12.8. The zero-order valence-electron chi connectivity index (χ0n) is 21.5. The number of hydrogen-bond donors (Lipinski definition) is 1. The number of carbonyl (C=O) groups is 2. The Labute approximate surface area is 225 Å². The smallest absolute Gasteiger partial charge is 0.227 e. The third-order valence-electron chi connectivity index (χ3n) is 7.12. The molecule has 0 spiro atoms. The van der Waals surface area contributed by atoms with Crippen LogP contribution in [0.3, 0.4) is 0 Å². The Morgan fingerprint density at radius 2 is 1.84 bits per heavy atom. The van der Waals surface area contributed by atoms with E-state index in [-0.39, 0.29) is 11.8 Å². The molecule has 1 fully saturated rings. The summed E-state index contributed by atoms with van der Waals surface area (Å²) in [6.45, 7) is 4.88. The van der Waals surface area contributed by atoms with E-state index in [1.165, 1.54) is 18.3 Å². The van der Waals surface area contributed by atoms with E-state index in [9.17, 15) is 9.59 Å². The van der Waals surface area contributed by atoms with Crippen molar-refractivity contribution in [2.24, 2.45) is 0 Å². The monoisotopic (exact) mass is 527 g/mol. The molecule has 1 aliphatic carbocycles. The van der Waals surface area contributed by atoms with Crippen LogP contribution in [0.5, 0.6) is 0 Å². The SMILES string of the molecule is CC(=O)Nc1nc2c(s1)-c1c(c(-c3cccnc3)nn1-c1ccc(CC(=O)N3CCN(C)CC3)cc1)CC2. The highest BCUT2D eigenvalue weighted by atomic mass is 32.1. The summed E-state index contributed by atoms with van der Waals surface area (Å²) in [4.78, 5) is 38.7. The van der Waals surface area contributed by atoms with Crippen LogP contribution in [0.25, 0.3) is 27.5 Å². The molecular weight excluding hydrogens is 498 g/mol. The van der Waals surface area contributed by atoms with E-state index in [1.807, 2.05) is 52.2 Å². The Kier molecular flexibility index (Phi) is 6.50. The summed E-state index contributed by atoms with van der Waals surface area (Å²) in [6, 6.07) is 12.0. The Balaban J connectivity index is 1.35. The summed E-state index contributed by atoms with van der Waals surface area (Å²) in [7, 11) is 2.09. The third-order valence-corrected chi connectivity index (χ3v) is 8.14. The average molecular weight is 528 g/mol. The number of piperazine rings is 1. The normalized spacial score (nSPS) is 15.2. The molecule has 1 N–H and O–H groups in total. The van der Waals surface area contributed by atoms with Gasteiger partial charge in [0.15, 0.2) is 5.13 Å². The van der Waals surface area contributed by atoms with Gasteiger partial charge in [0.25, 0.3) is 0 Å². The first-order chi connectivity index (χ1) is 18.5. The molecule has 9 nitrogen and oxygen atoms in total. The molecule has 10 heteroatoms. The molecule has 0 unspecified atom stereocenters. The number of nitrogens with one attached hydrogen (secondary N) is 1. The van der Waals surface area contributed by atoms with Crippen molar-refractivity contribution in [1.82, 2.24) is 29.5 Å². The van der Waals surface area contributed by atoms with Crippen molar-refractivity contribution in [3.05, 3.63) is 65.6 Å². The Hall–Kier alpha value is -3.89. The number of pyridine rings is 1. The first-order valence-electron chi connectivity index (χ1n) is 12.8. The fourth-order valence-corrected chi connectivity index (χ4v) is 6.21. The predicted molar refractivity (Wildman–Crippen MR) is 147 cm³/mol. The van der Waals surface area contributed by atoms with E-state index in [2.05, 4.69) is 22.2 Å². The molecule has 0 radical (unpaired) electrons. The number of nitrogens with zero attached hydrogens (tertiary/aromatic N) is 6. The molecule has 2 aliphatic rings. The van der Waals surface area contributed by atoms with Crippen molar-refractivity contribution >= 4 is 28.3 Å². The zero-order chi connectivity index (χ0) is 26.2.